The Morgan fingerprint density at radius 3 is 2.45 bits per heavy atom. The summed E-state index contributed by atoms with van der Waals surface area (Å²) in [6.45, 7) is 11.2. The standard InChI is InChI=1S/C16H29N3O3/c1-12-9-18(11-16(3,4)22-12)10-15(21)17-14-5-7-19(8-6-14)13(2)20/h12,14H,5-11H2,1-4H3,(H,17,21). The summed E-state index contributed by atoms with van der Waals surface area (Å²) in [5.41, 5.74) is -0.204. The Kier molecular flexibility index (Phi) is 5.45. The highest BCUT2D eigenvalue weighted by Gasteiger charge is 2.32. The lowest BCUT2D eigenvalue weighted by atomic mass is 10.0. The van der Waals surface area contributed by atoms with Gasteiger partial charge in [0, 0.05) is 39.1 Å². The molecule has 2 aliphatic rings. The highest BCUT2D eigenvalue weighted by atomic mass is 16.5. The number of hydrogen-bond acceptors (Lipinski definition) is 4. The van der Waals surface area contributed by atoms with Gasteiger partial charge >= 0.3 is 0 Å². The second-order valence-electron chi connectivity index (χ2n) is 7.21. The monoisotopic (exact) mass is 311 g/mol. The summed E-state index contributed by atoms with van der Waals surface area (Å²) in [7, 11) is 0. The van der Waals surface area contributed by atoms with Crippen molar-refractivity contribution in [1.29, 1.82) is 0 Å². The van der Waals surface area contributed by atoms with Gasteiger partial charge in [-0.1, -0.05) is 0 Å². The summed E-state index contributed by atoms with van der Waals surface area (Å²) in [5, 5.41) is 3.11. The molecule has 0 saturated carbocycles. The van der Waals surface area contributed by atoms with Crippen molar-refractivity contribution >= 4 is 11.8 Å². The van der Waals surface area contributed by atoms with E-state index in [9.17, 15) is 9.59 Å². The van der Waals surface area contributed by atoms with E-state index in [0.717, 1.165) is 39.0 Å². The van der Waals surface area contributed by atoms with Crippen molar-refractivity contribution in [3.8, 4) is 0 Å². The zero-order valence-electron chi connectivity index (χ0n) is 14.2. The summed E-state index contributed by atoms with van der Waals surface area (Å²) in [4.78, 5) is 27.5. The minimum absolute atomic E-state index is 0.0752. The quantitative estimate of drug-likeness (QED) is 0.830. The first-order chi connectivity index (χ1) is 10.2. The Morgan fingerprint density at radius 2 is 1.91 bits per heavy atom. The number of ether oxygens (including phenoxy) is 1. The third-order valence-electron chi connectivity index (χ3n) is 4.31. The molecule has 1 N–H and O–H groups in total. The number of nitrogens with zero attached hydrogens (tertiary/aromatic N) is 2. The lowest BCUT2D eigenvalue weighted by Crippen LogP contribution is -2.55. The number of rotatable bonds is 3. The van der Waals surface area contributed by atoms with Gasteiger partial charge in [-0.15, -0.1) is 0 Å². The molecule has 22 heavy (non-hydrogen) atoms. The number of likely N-dealkylation sites (tertiary alicyclic amines) is 1. The lowest BCUT2D eigenvalue weighted by Gasteiger charge is -2.41. The van der Waals surface area contributed by atoms with Crippen LogP contribution in [-0.4, -0.2) is 72.1 Å². The Bertz CT molecular complexity index is 417. The average Bonchev–Trinajstić information content (AvgIpc) is 2.36. The van der Waals surface area contributed by atoms with E-state index in [1.54, 1.807) is 6.92 Å². The Hall–Kier alpha value is -1.14. The van der Waals surface area contributed by atoms with Crippen molar-refractivity contribution in [3.05, 3.63) is 0 Å². The number of amides is 2. The number of carbonyl (C=O) groups excluding carboxylic acids is 2. The second-order valence-corrected chi connectivity index (χ2v) is 7.21. The summed E-state index contributed by atoms with van der Waals surface area (Å²) < 4.78 is 5.86. The van der Waals surface area contributed by atoms with Crippen LogP contribution in [0.3, 0.4) is 0 Å². The van der Waals surface area contributed by atoms with Crippen LogP contribution >= 0.6 is 0 Å². The van der Waals surface area contributed by atoms with Crippen LogP contribution in [0, 0.1) is 0 Å². The number of hydrogen-bond donors (Lipinski definition) is 1. The van der Waals surface area contributed by atoms with Crippen LogP contribution in [-0.2, 0) is 14.3 Å². The molecule has 2 rings (SSSR count). The SMILES string of the molecule is CC(=O)N1CCC(NC(=O)CN2CC(C)OC(C)(C)C2)CC1. The Balaban J connectivity index is 1.75. The highest BCUT2D eigenvalue weighted by molar-refractivity contribution is 5.78. The topological polar surface area (TPSA) is 61.9 Å². The average molecular weight is 311 g/mol. The maximum absolute atomic E-state index is 12.2. The molecule has 0 bridgehead atoms. The van der Waals surface area contributed by atoms with E-state index in [-0.39, 0.29) is 29.6 Å². The third-order valence-corrected chi connectivity index (χ3v) is 4.31. The predicted octanol–water partition coefficient (Wildman–Crippen LogP) is 0.613. The number of piperidine rings is 1. The van der Waals surface area contributed by atoms with Crippen molar-refractivity contribution < 1.29 is 14.3 Å². The van der Waals surface area contributed by atoms with E-state index < -0.39 is 0 Å². The van der Waals surface area contributed by atoms with Gasteiger partial charge < -0.3 is 15.0 Å². The van der Waals surface area contributed by atoms with Crippen LogP contribution in [0.15, 0.2) is 0 Å². The highest BCUT2D eigenvalue weighted by Crippen LogP contribution is 2.20. The van der Waals surface area contributed by atoms with Crippen molar-refractivity contribution in [1.82, 2.24) is 15.1 Å². The van der Waals surface area contributed by atoms with Crippen molar-refractivity contribution in [3.63, 3.8) is 0 Å². The minimum atomic E-state index is -0.204. The van der Waals surface area contributed by atoms with Gasteiger partial charge in [0.05, 0.1) is 18.2 Å². The summed E-state index contributed by atoms with van der Waals surface area (Å²) in [5.74, 6) is 0.195. The fourth-order valence-corrected chi connectivity index (χ4v) is 3.52. The number of nitrogens with one attached hydrogen (secondary N) is 1. The Labute approximate surface area is 133 Å². The molecule has 2 heterocycles. The minimum Gasteiger partial charge on any atom is -0.370 e. The molecule has 2 amide bonds. The molecule has 2 aliphatic heterocycles. The molecule has 0 aromatic rings. The van der Waals surface area contributed by atoms with E-state index in [4.69, 9.17) is 4.74 Å². The zero-order valence-corrected chi connectivity index (χ0v) is 14.2. The normalized spacial score (nSPS) is 26.7. The van der Waals surface area contributed by atoms with Gasteiger partial charge in [-0.05, 0) is 33.6 Å². The van der Waals surface area contributed by atoms with Gasteiger partial charge in [-0.2, -0.15) is 0 Å². The largest absolute Gasteiger partial charge is 0.370 e. The first-order valence-electron chi connectivity index (χ1n) is 8.20. The molecule has 2 saturated heterocycles. The van der Waals surface area contributed by atoms with Gasteiger partial charge in [0.1, 0.15) is 0 Å². The maximum atomic E-state index is 12.2. The van der Waals surface area contributed by atoms with Gasteiger partial charge in [0.25, 0.3) is 0 Å². The van der Waals surface area contributed by atoms with Crippen LogP contribution in [0.5, 0.6) is 0 Å². The molecule has 1 unspecified atom stereocenters. The lowest BCUT2D eigenvalue weighted by molar-refractivity contribution is -0.139. The molecule has 6 nitrogen and oxygen atoms in total. The van der Waals surface area contributed by atoms with Crippen molar-refractivity contribution in [2.45, 2.75) is 58.3 Å². The maximum Gasteiger partial charge on any atom is 0.234 e. The van der Waals surface area contributed by atoms with Crippen LogP contribution in [0.1, 0.15) is 40.5 Å². The Morgan fingerprint density at radius 1 is 1.27 bits per heavy atom. The summed E-state index contributed by atoms with van der Waals surface area (Å²) in [6, 6.07) is 0.189. The van der Waals surface area contributed by atoms with Gasteiger partial charge in [-0.3, -0.25) is 14.5 Å². The van der Waals surface area contributed by atoms with E-state index in [1.807, 2.05) is 11.8 Å². The molecular weight excluding hydrogens is 282 g/mol. The van der Waals surface area contributed by atoms with Gasteiger partial charge in [-0.25, -0.2) is 0 Å². The number of carbonyl (C=O) groups is 2. The summed E-state index contributed by atoms with van der Waals surface area (Å²) >= 11 is 0. The van der Waals surface area contributed by atoms with Crippen molar-refractivity contribution in [2.75, 3.05) is 32.7 Å². The van der Waals surface area contributed by atoms with Gasteiger partial charge in [0.15, 0.2) is 0 Å². The van der Waals surface area contributed by atoms with Crippen LogP contribution < -0.4 is 5.32 Å². The van der Waals surface area contributed by atoms with E-state index in [0.29, 0.717) is 6.54 Å². The molecule has 6 heteroatoms. The smallest absolute Gasteiger partial charge is 0.234 e. The molecule has 0 aromatic carbocycles. The second kappa shape index (κ2) is 6.96. The first kappa shape index (κ1) is 17.2. The molecule has 126 valence electrons. The molecule has 2 fully saturated rings. The fraction of sp³-hybridized carbons (Fsp3) is 0.875. The van der Waals surface area contributed by atoms with Crippen LogP contribution in [0.2, 0.25) is 0 Å². The third kappa shape index (κ3) is 4.95. The van der Waals surface area contributed by atoms with Gasteiger partial charge in [0.2, 0.25) is 11.8 Å². The molecule has 0 spiro atoms. The zero-order chi connectivity index (χ0) is 16.3. The van der Waals surface area contributed by atoms with Crippen molar-refractivity contribution in [2.24, 2.45) is 0 Å². The molecule has 0 radical (unpaired) electrons. The number of morpholine rings is 1. The predicted molar refractivity (Wildman–Crippen MR) is 84.5 cm³/mol. The summed E-state index contributed by atoms with van der Waals surface area (Å²) in [6.07, 6.45) is 1.84. The van der Waals surface area contributed by atoms with Crippen LogP contribution in [0.4, 0.5) is 0 Å². The van der Waals surface area contributed by atoms with Crippen LogP contribution in [0.25, 0.3) is 0 Å². The molecule has 1 atom stereocenters. The first-order valence-corrected chi connectivity index (χ1v) is 8.20. The molecule has 0 aromatic heterocycles. The van der Waals surface area contributed by atoms with E-state index in [2.05, 4.69) is 24.1 Å². The fourth-order valence-electron chi connectivity index (χ4n) is 3.52. The molecule has 0 aliphatic carbocycles. The van der Waals surface area contributed by atoms with E-state index in [1.165, 1.54) is 0 Å². The van der Waals surface area contributed by atoms with E-state index >= 15 is 0 Å². The molecular formula is C16H29N3O3.